The van der Waals surface area contributed by atoms with Gasteiger partial charge in [0, 0.05) is 12.0 Å². The van der Waals surface area contributed by atoms with E-state index in [0.29, 0.717) is 12.2 Å². The van der Waals surface area contributed by atoms with Gasteiger partial charge in [-0.1, -0.05) is 27.7 Å². The molecule has 0 spiro atoms. The summed E-state index contributed by atoms with van der Waals surface area (Å²) in [6, 6.07) is -0.00463. The van der Waals surface area contributed by atoms with Gasteiger partial charge >= 0.3 is 0 Å². The summed E-state index contributed by atoms with van der Waals surface area (Å²) < 4.78 is 0. The standard InChI is InChI=1S/C13H27NO/c1-8-11(15)10(9-12(2,3)4)14-13(5,6)7/h10,14H,8-9H2,1-7H3/t10-/m0/s1. The first-order valence-electron chi connectivity index (χ1n) is 5.85. The second-order valence-corrected chi connectivity index (χ2v) is 6.53. The average molecular weight is 213 g/mol. The maximum Gasteiger partial charge on any atom is 0.149 e. The van der Waals surface area contributed by atoms with Crippen LogP contribution in [0.4, 0.5) is 0 Å². The highest BCUT2D eigenvalue weighted by atomic mass is 16.1. The largest absolute Gasteiger partial charge is 0.303 e. The van der Waals surface area contributed by atoms with Crippen molar-refractivity contribution in [3.8, 4) is 0 Å². The molecule has 90 valence electrons. The molecule has 2 nitrogen and oxygen atoms in total. The Bertz CT molecular complexity index is 192. The van der Waals surface area contributed by atoms with Gasteiger partial charge in [-0.3, -0.25) is 4.79 Å². The Morgan fingerprint density at radius 1 is 1.13 bits per heavy atom. The minimum atomic E-state index is -0.00463. The second kappa shape index (κ2) is 5.11. The van der Waals surface area contributed by atoms with Gasteiger partial charge in [0.2, 0.25) is 0 Å². The lowest BCUT2D eigenvalue weighted by Crippen LogP contribution is -2.49. The molecule has 0 unspecified atom stereocenters. The molecule has 15 heavy (non-hydrogen) atoms. The maximum atomic E-state index is 11.8. The molecule has 0 radical (unpaired) electrons. The normalized spacial score (nSPS) is 15.1. The number of Topliss-reactive ketones (excluding diaryl/α,β-unsaturated/α-hetero) is 1. The molecule has 1 atom stereocenters. The molecule has 0 aromatic heterocycles. The molecule has 0 rings (SSSR count). The van der Waals surface area contributed by atoms with Gasteiger partial charge in [-0.15, -0.1) is 0 Å². The predicted molar refractivity (Wildman–Crippen MR) is 66.0 cm³/mol. The number of rotatable bonds is 4. The predicted octanol–water partition coefficient (Wildman–Crippen LogP) is 3.16. The average Bonchev–Trinajstić information content (AvgIpc) is 1.96. The first kappa shape index (κ1) is 14.6. The van der Waals surface area contributed by atoms with Crippen molar-refractivity contribution in [2.75, 3.05) is 0 Å². The fraction of sp³-hybridized carbons (Fsp3) is 0.923. The number of nitrogens with one attached hydrogen (secondary N) is 1. The molecule has 0 aromatic carbocycles. The van der Waals surface area contributed by atoms with Gasteiger partial charge in [-0.2, -0.15) is 0 Å². The monoisotopic (exact) mass is 213 g/mol. The summed E-state index contributed by atoms with van der Waals surface area (Å²) in [6.45, 7) is 14.8. The van der Waals surface area contributed by atoms with Crippen LogP contribution in [-0.4, -0.2) is 17.4 Å². The smallest absolute Gasteiger partial charge is 0.149 e. The van der Waals surface area contributed by atoms with Crippen LogP contribution in [0.3, 0.4) is 0 Å². The number of hydrogen-bond acceptors (Lipinski definition) is 2. The van der Waals surface area contributed by atoms with Crippen LogP contribution in [0, 0.1) is 5.41 Å². The number of carbonyl (C=O) groups excluding carboxylic acids is 1. The van der Waals surface area contributed by atoms with Crippen LogP contribution < -0.4 is 5.32 Å². The van der Waals surface area contributed by atoms with Crippen LogP contribution in [0.25, 0.3) is 0 Å². The molecule has 0 aliphatic rings. The Hall–Kier alpha value is -0.370. The van der Waals surface area contributed by atoms with E-state index < -0.39 is 0 Å². The zero-order valence-electron chi connectivity index (χ0n) is 11.4. The van der Waals surface area contributed by atoms with E-state index in [1.54, 1.807) is 0 Å². The minimum absolute atomic E-state index is 0.000741. The van der Waals surface area contributed by atoms with Crippen LogP contribution in [0.1, 0.15) is 61.3 Å². The van der Waals surface area contributed by atoms with Crippen LogP contribution >= 0.6 is 0 Å². The van der Waals surface area contributed by atoms with Crippen molar-refractivity contribution < 1.29 is 4.79 Å². The Kier molecular flexibility index (Phi) is 4.98. The molecule has 0 aliphatic carbocycles. The van der Waals surface area contributed by atoms with Crippen molar-refractivity contribution in [1.29, 1.82) is 0 Å². The summed E-state index contributed by atoms with van der Waals surface area (Å²) in [5, 5.41) is 3.41. The number of ketones is 1. The lowest BCUT2D eigenvalue weighted by Gasteiger charge is -2.31. The van der Waals surface area contributed by atoms with Crippen LogP contribution in [0.5, 0.6) is 0 Å². The van der Waals surface area contributed by atoms with Crippen LogP contribution in [0.2, 0.25) is 0 Å². The molecule has 0 bridgehead atoms. The van der Waals surface area contributed by atoms with Gasteiger partial charge in [0.1, 0.15) is 5.78 Å². The van der Waals surface area contributed by atoms with E-state index in [9.17, 15) is 4.79 Å². The molecule has 0 amide bonds. The number of carbonyl (C=O) groups is 1. The van der Waals surface area contributed by atoms with Crippen LogP contribution in [-0.2, 0) is 4.79 Å². The Labute approximate surface area is 94.8 Å². The molecule has 0 saturated carbocycles. The first-order chi connectivity index (χ1) is 6.55. The Morgan fingerprint density at radius 3 is 1.87 bits per heavy atom. The summed E-state index contributed by atoms with van der Waals surface area (Å²) in [5.74, 6) is 0.319. The Balaban J connectivity index is 4.53. The molecule has 0 saturated heterocycles. The summed E-state index contributed by atoms with van der Waals surface area (Å²) >= 11 is 0. The van der Waals surface area contributed by atoms with Gasteiger partial charge < -0.3 is 5.32 Å². The van der Waals surface area contributed by atoms with Crippen molar-refractivity contribution in [3.05, 3.63) is 0 Å². The summed E-state index contributed by atoms with van der Waals surface area (Å²) in [4.78, 5) is 11.8. The van der Waals surface area contributed by atoms with Crippen LogP contribution in [0.15, 0.2) is 0 Å². The van der Waals surface area contributed by atoms with Crippen molar-refractivity contribution in [1.82, 2.24) is 5.32 Å². The van der Waals surface area contributed by atoms with E-state index in [4.69, 9.17) is 0 Å². The summed E-state index contributed by atoms with van der Waals surface area (Å²) in [5.41, 5.74) is 0.189. The first-order valence-corrected chi connectivity index (χ1v) is 5.85. The van der Waals surface area contributed by atoms with E-state index in [-0.39, 0.29) is 17.0 Å². The molecule has 2 heteroatoms. The van der Waals surface area contributed by atoms with Gasteiger partial charge in [0.15, 0.2) is 0 Å². The Morgan fingerprint density at radius 2 is 1.60 bits per heavy atom. The molecule has 0 aromatic rings. The quantitative estimate of drug-likeness (QED) is 0.777. The molecule has 0 fully saturated rings. The SMILES string of the molecule is CCC(=O)[C@H](CC(C)(C)C)NC(C)(C)C. The highest BCUT2D eigenvalue weighted by molar-refractivity contribution is 5.83. The molecular weight excluding hydrogens is 186 g/mol. The van der Waals surface area contributed by atoms with Crippen molar-refractivity contribution >= 4 is 5.78 Å². The zero-order chi connectivity index (χ0) is 12.3. The fourth-order valence-electron chi connectivity index (χ4n) is 1.63. The summed E-state index contributed by atoms with van der Waals surface area (Å²) in [7, 11) is 0. The zero-order valence-corrected chi connectivity index (χ0v) is 11.4. The van der Waals surface area contributed by atoms with Gasteiger partial charge in [0.05, 0.1) is 6.04 Å². The van der Waals surface area contributed by atoms with E-state index in [0.717, 1.165) is 6.42 Å². The number of hydrogen-bond donors (Lipinski definition) is 1. The lowest BCUT2D eigenvalue weighted by atomic mass is 9.85. The molecule has 0 heterocycles. The van der Waals surface area contributed by atoms with E-state index in [2.05, 4.69) is 46.9 Å². The maximum absolute atomic E-state index is 11.8. The van der Waals surface area contributed by atoms with Gasteiger partial charge in [-0.25, -0.2) is 0 Å². The third-order valence-electron chi connectivity index (χ3n) is 2.16. The van der Waals surface area contributed by atoms with E-state index >= 15 is 0 Å². The third-order valence-corrected chi connectivity index (χ3v) is 2.16. The highest BCUT2D eigenvalue weighted by Gasteiger charge is 2.26. The highest BCUT2D eigenvalue weighted by Crippen LogP contribution is 2.22. The molecule has 0 aliphatic heterocycles. The van der Waals surface area contributed by atoms with E-state index in [1.807, 2.05) is 6.92 Å². The summed E-state index contributed by atoms with van der Waals surface area (Å²) in [6.07, 6.45) is 1.51. The minimum Gasteiger partial charge on any atom is -0.303 e. The topological polar surface area (TPSA) is 29.1 Å². The van der Waals surface area contributed by atoms with Gasteiger partial charge in [0.25, 0.3) is 0 Å². The molecular formula is C13H27NO. The van der Waals surface area contributed by atoms with Gasteiger partial charge in [-0.05, 0) is 32.6 Å². The fourth-order valence-corrected chi connectivity index (χ4v) is 1.63. The second-order valence-electron chi connectivity index (χ2n) is 6.53. The van der Waals surface area contributed by atoms with Crippen molar-refractivity contribution in [2.24, 2.45) is 5.41 Å². The lowest BCUT2D eigenvalue weighted by molar-refractivity contribution is -0.122. The van der Waals surface area contributed by atoms with Crippen molar-refractivity contribution in [3.63, 3.8) is 0 Å². The van der Waals surface area contributed by atoms with E-state index in [1.165, 1.54) is 0 Å². The third kappa shape index (κ3) is 7.55. The molecule has 1 N–H and O–H groups in total. The van der Waals surface area contributed by atoms with Crippen molar-refractivity contribution in [2.45, 2.75) is 72.9 Å².